The van der Waals surface area contributed by atoms with Gasteiger partial charge in [0.05, 0.1) is 12.4 Å². The predicted octanol–water partition coefficient (Wildman–Crippen LogP) is 8.93. The average molecular weight is 926 g/mol. The van der Waals surface area contributed by atoms with Crippen molar-refractivity contribution in [3.63, 3.8) is 0 Å². The van der Waals surface area contributed by atoms with E-state index < -0.39 is 144 Å². The van der Waals surface area contributed by atoms with Crippen molar-refractivity contribution in [3.8, 4) is 11.3 Å². The van der Waals surface area contributed by atoms with Gasteiger partial charge in [-0.3, -0.25) is 4.98 Å². The van der Waals surface area contributed by atoms with Crippen molar-refractivity contribution in [2.75, 3.05) is 0 Å². The Hall–Kier alpha value is -6.94. The minimum atomic E-state index is -7.22. The van der Waals surface area contributed by atoms with Crippen molar-refractivity contribution in [1.29, 1.82) is 0 Å². The van der Waals surface area contributed by atoms with Gasteiger partial charge in [0.25, 0.3) is 0 Å². The summed E-state index contributed by atoms with van der Waals surface area (Å²) in [5.41, 5.74) is -10.7. The number of hydrogen-bond acceptors (Lipinski definition) is 1. The van der Waals surface area contributed by atoms with Crippen molar-refractivity contribution < 1.29 is 92.4 Å². The second-order valence-electron chi connectivity index (χ2n) is 13.2. The molecule has 6 aromatic carbocycles. The fourth-order valence-electron chi connectivity index (χ4n) is 7.03. The van der Waals surface area contributed by atoms with Crippen LogP contribution in [0.2, 0.25) is 0 Å². The third-order valence-corrected chi connectivity index (χ3v) is 9.81. The van der Waals surface area contributed by atoms with E-state index in [9.17, 15) is 52.7 Å². The van der Waals surface area contributed by atoms with Gasteiger partial charge in [0, 0.05) is 11.1 Å². The number of benzene rings is 6. The van der Waals surface area contributed by atoms with E-state index in [-0.39, 0.29) is 0 Å². The minimum Gasteiger partial charge on any atom is -0.252 e. The van der Waals surface area contributed by atoms with Crippen molar-refractivity contribution in [1.82, 2.24) is 4.98 Å². The van der Waals surface area contributed by atoms with Gasteiger partial charge in [-0.05, 0) is 12.1 Å². The SMILES string of the molecule is Fc1c(F)c(F)c([B-](c2c(F)c(F)c(F)c(F)c2F)(c2c(F)c(F)c(F)c(F)c2F)c2c(F)c(F)c(F)c(F)c2F)c(F)c1F.c1ccc(C[n+]2ccncc2-c2ccccc2)cc1. The zero-order valence-electron chi connectivity index (χ0n) is 30.7. The van der Waals surface area contributed by atoms with Gasteiger partial charge < -0.3 is 0 Å². The summed E-state index contributed by atoms with van der Waals surface area (Å²) in [6.45, 7) is 0.855. The first kappa shape index (κ1) is 46.6. The summed E-state index contributed by atoms with van der Waals surface area (Å²) in [6.07, 6.45) is -1.45. The maximum absolute atomic E-state index is 15.4. The van der Waals surface area contributed by atoms with Crippen LogP contribution in [-0.2, 0) is 6.54 Å². The van der Waals surface area contributed by atoms with Gasteiger partial charge in [-0.15, -0.1) is 21.9 Å². The van der Waals surface area contributed by atoms with E-state index in [0.29, 0.717) is 0 Å². The standard InChI is InChI=1S/C24BF20.C17H15N2/c26-5-1(6(27)14(35)21(42)13(5)34)25(2-7(28)15(36)22(43)16(37)8(2)29,3-9(30)17(38)23(44)18(39)10(3)31)4-11(32)19(40)24(45)20(41)12(4)33;1-3-7-15(8-4-1)14-19-12-11-18-13-17(19)16-9-5-2-6-10-16/h;1-13H,14H2/q-1;+1. The fraction of sp³-hybridized carbons (Fsp3) is 0.0244. The van der Waals surface area contributed by atoms with Crippen LogP contribution in [0.5, 0.6) is 0 Å². The number of aromatic nitrogens is 2. The lowest BCUT2D eigenvalue weighted by Crippen LogP contribution is -2.81. The molecule has 0 aliphatic rings. The Kier molecular flexibility index (Phi) is 12.9. The summed E-state index contributed by atoms with van der Waals surface area (Å²) in [7, 11) is 0. The summed E-state index contributed by atoms with van der Waals surface area (Å²) in [5.74, 6) is -71.4. The molecule has 0 bridgehead atoms. The van der Waals surface area contributed by atoms with Gasteiger partial charge in [-0.2, -0.15) is 4.57 Å². The van der Waals surface area contributed by atoms with Crippen molar-refractivity contribution in [3.05, 3.63) is 201 Å². The second kappa shape index (κ2) is 17.7. The summed E-state index contributed by atoms with van der Waals surface area (Å²) < 4.78 is 296. The van der Waals surface area contributed by atoms with Gasteiger partial charge in [-0.25, -0.2) is 87.8 Å². The highest BCUT2D eigenvalue weighted by atomic mass is 19.2. The van der Waals surface area contributed by atoms with Crippen LogP contribution in [0.25, 0.3) is 11.3 Å². The van der Waals surface area contributed by atoms with Crippen LogP contribution in [0, 0.1) is 116 Å². The first-order valence-electron chi connectivity index (χ1n) is 17.3. The first-order valence-corrected chi connectivity index (χ1v) is 17.3. The number of rotatable bonds is 7. The molecule has 64 heavy (non-hydrogen) atoms. The Morgan fingerprint density at radius 3 is 0.906 bits per heavy atom. The average Bonchev–Trinajstić information content (AvgIpc) is 3.30. The van der Waals surface area contributed by atoms with Gasteiger partial charge in [0.1, 0.15) is 52.7 Å². The maximum atomic E-state index is 15.4. The summed E-state index contributed by atoms with van der Waals surface area (Å²) in [6, 6.07) is 20.8. The Morgan fingerprint density at radius 2 is 0.609 bits per heavy atom. The van der Waals surface area contributed by atoms with E-state index in [0.717, 1.165) is 12.2 Å². The maximum Gasteiger partial charge on any atom is 0.231 e. The monoisotopic (exact) mass is 926 g/mol. The Balaban J connectivity index is 0.000000295. The van der Waals surface area contributed by atoms with Gasteiger partial charge >= 0.3 is 0 Å². The number of hydrogen-bond donors (Lipinski definition) is 0. The molecule has 0 atom stereocenters. The molecular weight excluding hydrogens is 911 g/mol. The predicted molar refractivity (Wildman–Crippen MR) is 185 cm³/mol. The second-order valence-corrected chi connectivity index (χ2v) is 13.2. The molecule has 332 valence electrons. The van der Waals surface area contributed by atoms with E-state index >= 15 is 35.1 Å². The Labute approximate surface area is 344 Å². The zero-order valence-corrected chi connectivity index (χ0v) is 30.7. The van der Waals surface area contributed by atoms with E-state index in [1.54, 1.807) is 0 Å². The molecule has 7 rings (SSSR count). The molecule has 0 aliphatic carbocycles. The lowest BCUT2D eigenvalue weighted by Gasteiger charge is -2.44. The topological polar surface area (TPSA) is 16.8 Å². The van der Waals surface area contributed by atoms with E-state index in [2.05, 4.69) is 58.1 Å². The molecule has 23 heteroatoms. The van der Waals surface area contributed by atoms with Crippen LogP contribution in [0.3, 0.4) is 0 Å². The van der Waals surface area contributed by atoms with Crippen LogP contribution >= 0.6 is 0 Å². The molecular formula is C41H15BF20N2. The van der Waals surface area contributed by atoms with Crippen molar-refractivity contribution in [2.45, 2.75) is 6.54 Å². The van der Waals surface area contributed by atoms with Gasteiger partial charge in [0.15, 0.2) is 82.5 Å². The van der Waals surface area contributed by atoms with Gasteiger partial charge in [0.2, 0.25) is 5.69 Å². The van der Waals surface area contributed by atoms with Gasteiger partial charge in [-0.1, -0.05) is 48.5 Å². The molecule has 0 aliphatic heterocycles. The summed E-state index contributed by atoms with van der Waals surface area (Å²) >= 11 is 0. The van der Waals surface area contributed by atoms with Crippen LogP contribution in [0.1, 0.15) is 5.56 Å². The van der Waals surface area contributed by atoms with Crippen molar-refractivity contribution in [2.24, 2.45) is 0 Å². The zero-order chi connectivity index (χ0) is 47.3. The quantitative estimate of drug-likeness (QED) is 0.0514. The molecule has 0 N–H and O–H groups in total. The van der Waals surface area contributed by atoms with E-state index in [1.807, 2.05) is 30.7 Å². The molecule has 1 aromatic heterocycles. The fourth-order valence-corrected chi connectivity index (χ4v) is 7.03. The molecule has 0 fully saturated rings. The molecule has 0 saturated carbocycles. The minimum absolute atomic E-state index is 0.855. The normalized spacial score (nSPS) is 11.5. The summed E-state index contributed by atoms with van der Waals surface area (Å²) in [4.78, 5) is 4.24. The van der Waals surface area contributed by atoms with Crippen LogP contribution < -0.4 is 26.4 Å². The smallest absolute Gasteiger partial charge is 0.231 e. The Morgan fingerprint density at radius 1 is 0.344 bits per heavy atom. The molecule has 0 radical (unpaired) electrons. The number of halogens is 20. The highest BCUT2D eigenvalue weighted by molar-refractivity contribution is 7.20. The molecule has 7 aromatic rings. The molecule has 1 heterocycles. The largest absolute Gasteiger partial charge is 0.252 e. The Bertz CT molecular complexity index is 2590. The lowest BCUT2D eigenvalue weighted by molar-refractivity contribution is -0.678. The third kappa shape index (κ3) is 7.34. The highest BCUT2D eigenvalue weighted by Crippen LogP contribution is 2.31. The third-order valence-electron chi connectivity index (χ3n) is 9.81. The highest BCUT2D eigenvalue weighted by Gasteiger charge is 2.52. The first-order chi connectivity index (χ1) is 30.1. The van der Waals surface area contributed by atoms with Crippen LogP contribution in [-0.4, -0.2) is 11.1 Å². The molecule has 0 spiro atoms. The molecule has 0 unspecified atom stereocenters. The molecule has 2 nitrogen and oxygen atoms in total. The van der Waals surface area contributed by atoms with E-state index in [4.69, 9.17) is 0 Å². The molecule has 0 saturated heterocycles. The number of nitrogens with zero attached hydrogens (tertiary/aromatic N) is 2. The lowest BCUT2D eigenvalue weighted by atomic mass is 9.12. The van der Waals surface area contributed by atoms with Crippen molar-refractivity contribution >= 4 is 28.0 Å². The molecule has 0 amide bonds. The summed E-state index contributed by atoms with van der Waals surface area (Å²) in [5, 5.41) is 0. The van der Waals surface area contributed by atoms with Crippen LogP contribution in [0.15, 0.2) is 79.3 Å². The van der Waals surface area contributed by atoms with E-state index in [1.165, 1.54) is 11.1 Å². The van der Waals surface area contributed by atoms with Crippen LogP contribution in [0.4, 0.5) is 87.8 Å².